The number of aromatic nitrogens is 1. The zero-order valence-electron chi connectivity index (χ0n) is 7.52. The van der Waals surface area contributed by atoms with E-state index in [9.17, 15) is 24.1 Å². The normalized spacial score (nSPS) is 10.6. The Morgan fingerprint density at radius 2 is 2.06 bits per heavy atom. The second-order valence-electron chi connectivity index (χ2n) is 2.91. The lowest BCUT2D eigenvalue weighted by atomic mass is 10.2. The number of rotatable bonds is 1. The number of hydrogen-bond donors (Lipinski definition) is 1. The van der Waals surface area contributed by atoms with Crippen LogP contribution in [0.5, 0.6) is 0 Å². The summed E-state index contributed by atoms with van der Waals surface area (Å²) < 4.78 is 17.4. The highest BCUT2D eigenvalue weighted by atomic mass is 19.1. The van der Waals surface area contributed by atoms with Crippen LogP contribution in [0.25, 0.3) is 10.9 Å². The van der Waals surface area contributed by atoms with Crippen molar-refractivity contribution >= 4 is 16.6 Å². The zero-order valence-corrected chi connectivity index (χ0v) is 7.52. The molecule has 8 heteroatoms. The van der Waals surface area contributed by atoms with E-state index in [0.29, 0.717) is 6.07 Å². The van der Waals surface area contributed by atoms with Gasteiger partial charge in [0.05, 0.1) is 21.9 Å². The maximum absolute atomic E-state index is 13.3. The number of aromatic amines is 1. The minimum absolute atomic E-state index is 0.383. The van der Waals surface area contributed by atoms with Gasteiger partial charge in [-0.1, -0.05) is 0 Å². The Bertz CT molecular complexity index is 702. The molecule has 0 spiro atoms. The van der Waals surface area contributed by atoms with Gasteiger partial charge in [0.2, 0.25) is 0 Å². The summed E-state index contributed by atoms with van der Waals surface area (Å²) in [7, 11) is 0. The summed E-state index contributed by atoms with van der Waals surface area (Å²) in [4.78, 5) is 33.4. The van der Waals surface area contributed by atoms with Gasteiger partial charge >= 0.3 is 11.4 Å². The second kappa shape index (κ2) is 3.26. The molecule has 1 aromatic carbocycles. The Labute approximate surface area is 85.3 Å². The molecule has 16 heavy (non-hydrogen) atoms. The van der Waals surface area contributed by atoms with Crippen molar-refractivity contribution in [1.29, 1.82) is 0 Å². The van der Waals surface area contributed by atoms with Gasteiger partial charge in [0.15, 0.2) is 5.82 Å². The summed E-state index contributed by atoms with van der Waals surface area (Å²) in [6, 6.07) is 1.44. The van der Waals surface area contributed by atoms with Crippen LogP contribution in [-0.4, -0.2) is 9.91 Å². The molecule has 0 unspecified atom stereocenters. The average Bonchev–Trinajstić information content (AvgIpc) is 2.19. The molecule has 0 aliphatic rings. The number of halogens is 1. The lowest BCUT2D eigenvalue weighted by Crippen LogP contribution is -2.15. The highest BCUT2D eigenvalue weighted by molar-refractivity contribution is 5.80. The first-order valence-corrected chi connectivity index (χ1v) is 4.00. The van der Waals surface area contributed by atoms with Gasteiger partial charge < -0.3 is 4.42 Å². The average molecular weight is 226 g/mol. The topological polar surface area (TPSA) is 106 Å². The van der Waals surface area contributed by atoms with E-state index in [2.05, 4.69) is 4.42 Å². The van der Waals surface area contributed by atoms with Crippen LogP contribution in [0.3, 0.4) is 0 Å². The van der Waals surface area contributed by atoms with Crippen molar-refractivity contribution in [1.82, 2.24) is 4.98 Å². The summed E-state index contributed by atoms with van der Waals surface area (Å²) in [5.41, 5.74) is -2.13. The first-order valence-electron chi connectivity index (χ1n) is 4.00. The first-order chi connectivity index (χ1) is 7.49. The van der Waals surface area contributed by atoms with E-state index in [1.165, 1.54) is 0 Å². The number of nitro benzene ring substituents is 1. The van der Waals surface area contributed by atoms with Gasteiger partial charge in [-0.2, -0.15) is 0 Å². The van der Waals surface area contributed by atoms with Crippen molar-refractivity contribution in [3.05, 3.63) is 49.0 Å². The summed E-state index contributed by atoms with van der Waals surface area (Å²) in [6.45, 7) is 0. The number of nitro groups is 1. The molecule has 1 aromatic heterocycles. The fourth-order valence-corrected chi connectivity index (χ4v) is 1.25. The third-order valence-corrected chi connectivity index (χ3v) is 1.92. The molecule has 0 atom stereocenters. The molecule has 7 nitrogen and oxygen atoms in total. The molecule has 0 amide bonds. The third kappa shape index (κ3) is 1.45. The molecule has 82 valence electrons. The number of nitrogens with one attached hydrogen (secondary N) is 1. The van der Waals surface area contributed by atoms with E-state index in [1.54, 1.807) is 0 Å². The van der Waals surface area contributed by atoms with Crippen LogP contribution in [0.15, 0.2) is 26.1 Å². The Kier molecular flexibility index (Phi) is 2.04. The molecule has 0 aliphatic heterocycles. The molecule has 0 fully saturated rings. The fourth-order valence-electron chi connectivity index (χ4n) is 1.25. The fraction of sp³-hybridized carbons (Fsp3) is 0. The Hall–Kier alpha value is -2.51. The smallest absolute Gasteiger partial charge is 0.372 e. The van der Waals surface area contributed by atoms with Crippen LogP contribution in [0.1, 0.15) is 0 Å². The highest BCUT2D eigenvalue weighted by Gasteiger charge is 2.15. The number of fused-ring (bicyclic) bond motifs is 1. The van der Waals surface area contributed by atoms with Crippen molar-refractivity contribution in [2.75, 3.05) is 0 Å². The van der Waals surface area contributed by atoms with Gasteiger partial charge in [-0.25, -0.2) is 14.0 Å². The van der Waals surface area contributed by atoms with Crippen LogP contribution < -0.4 is 11.4 Å². The predicted molar refractivity (Wildman–Crippen MR) is 49.7 cm³/mol. The molecule has 1 heterocycles. The van der Waals surface area contributed by atoms with E-state index in [4.69, 9.17) is 0 Å². The molecular formula is C8H3FN2O5. The first kappa shape index (κ1) is 10.0. The van der Waals surface area contributed by atoms with Gasteiger partial charge in [-0.15, -0.1) is 0 Å². The maximum atomic E-state index is 13.3. The zero-order chi connectivity index (χ0) is 11.9. The molecular weight excluding hydrogens is 223 g/mol. The van der Waals surface area contributed by atoms with E-state index in [-0.39, 0.29) is 5.39 Å². The number of benzene rings is 1. The number of H-pyrrole nitrogens is 1. The largest absolute Gasteiger partial charge is 0.419 e. The molecule has 0 radical (unpaired) electrons. The minimum atomic E-state index is -1.12. The van der Waals surface area contributed by atoms with Crippen LogP contribution in [0.4, 0.5) is 10.1 Å². The third-order valence-electron chi connectivity index (χ3n) is 1.92. The van der Waals surface area contributed by atoms with Crippen molar-refractivity contribution in [3.8, 4) is 0 Å². The second-order valence-corrected chi connectivity index (χ2v) is 2.91. The molecule has 0 aliphatic carbocycles. The molecule has 1 N–H and O–H groups in total. The Balaban J connectivity index is 2.98. The minimum Gasteiger partial charge on any atom is -0.372 e. The molecule has 2 rings (SSSR count). The van der Waals surface area contributed by atoms with Gasteiger partial charge in [0, 0.05) is 6.07 Å². The molecule has 0 saturated carbocycles. The summed E-state index contributed by atoms with van der Waals surface area (Å²) in [5.74, 6) is -2.18. The lowest BCUT2D eigenvalue weighted by molar-refractivity contribution is -0.384. The highest BCUT2D eigenvalue weighted by Crippen LogP contribution is 2.19. The van der Waals surface area contributed by atoms with Crippen LogP contribution in [0, 0.1) is 15.9 Å². The number of hydrogen-bond acceptors (Lipinski definition) is 5. The van der Waals surface area contributed by atoms with Gasteiger partial charge in [-0.05, 0) is 0 Å². The summed E-state index contributed by atoms with van der Waals surface area (Å²) >= 11 is 0. The SMILES string of the molecule is O=c1[nH]c2c(F)cc([N+](=O)[O-])cc2c(=O)o1. The molecule has 0 saturated heterocycles. The monoisotopic (exact) mass is 226 g/mol. The standard InChI is InChI=1S/C8H3FN2O5/c9-5-2-3(11(14)15)1-4-6(5)10-8(13)16-7(4)12/h1-2H,(H,10,13). The Morgan fingerprint density at radius 1 is 1.38 bits per heavy atom. The number of non-ortho nitro benzene ring substituents is 1. The Morgan fingerprint density at radius 3 is 2.69 bits per heavy atom. The number of nitrogens with zero attached hydrogens (tertiary/aromatic N) is 1. The molecule has 2 aromatic rings. The quantitative estimate of drug-likeness (QED) is 0.563. The van der Waals surface area contributed by atoms with Crippen molar-refractivity contribution in [2.45, 2.75) is 0 Å². The predicted octanol–water partition coefficient (Wildman–Crippen LogP) is 0.529. The van der Waals surface area contributed by atoms with Crippen LogP contribution in [-0.2, 0) is 0 Å². The van der Waals surface area contributed by atoms with Crippen molar-refractivity contribution in [3.63, 3.8) is 0 Å². The maximum Gasteiger partial charge on any atom is 0.419 e. The van der Waals surface area contributed by atoms with E-state index >= 15 is 0 Å². The summed E-state index contributed by atoms with van der Waals surface area (Å²) in [5, 5.41) is 10.0. The summed E-state index contributed by atoms with van der Waals surface area (Å²) in [6.07, 6.45) is 0. The lowest BCUT2D eigenvalue weighted by Gasteiger charge is -1.97. The van der Waals surface area contributed by atoms with Crippen LogP contribution >= 0.6 is 0 Å². The van der Waals surface area contributed by atoms with E-state index in [1.807, 2.05) is 4.98 Å². The van der Waals surface area contributed by atoms with Gasteiger partial charge in [-0.3, -0.25) is 15.1 Å². The van der Waals surface area contributed by atoms with Crippen molar-refractivity contribution in [2.24, 2.45) is 0 Å². The van der Waals surface area contributed by atoms with Gasteiger partial charge in [0.1, 0.15) is 0 Å². The van der Waals surface area contributed by atoms with Crippen LogP contribution in [0.2, 0.25) is 0 Å². The van der Waals surface area contributed by atoms with Crippen molar-refractivity contribution < 1.29 is 13.7 Å². The van der Waals surface area contributed by atoms with E-state index < -0.39 is 33.3 Å². The van der Waals surface area contributed by atoms with E-state index in [0.717, 1.165) is 6.07 Å². The molecule has 0 bridgehead atoms. The van der Waals surface area contributed by atoms with Gasteiger partial charge in [0.25, 0.3) is 5.69 Å².